The number of hydrogen-bond acceptors (Lipinski definition) is 9. The van der Waals surface area contributed by atoms with E-state index in [1.807, 2.05) is 24.3 Å². The number of esters is 1. The van der Waals surface area contributed by atoms with Gasteiger partial charge in [0.15, 0.2) is 0 Å². The maximum absolute atomic E-state index is 13.4. The SMILES string of the molecule is CCOC(=O)C1[C@H]2CC[C@@H](CN1c1c([N+](=O)[O-])c(=O)[nH]c3cnccc13)N2Cc1ccc(OC)cc1. The van der Waals surface area contributed by atoms with Crippen molar-refractivity contribution in [3.63, 3.8) is 0 Å². The molecule has 0 radical (unpaired) electrons. The Morgan fingerprint density at radius 2 is 2.03 bits per heavy atom. The normalized spacial score (nSPS) is 21.5. The summed E-state index contributed by atoms with van der Waals surface area (Å²) in [6.45, 7) is 2.87. The highest BCUT2D eigenvalue weighted by Gasteiger charge is 2.51. The summed E-state index contributed by atoms with van der Waals surface area (Å²) >= 11 is 0. The van der Waals surface area contributed by atoms with Crippen molar-refractivity contribution >= 4 is 28.2 Å². The number of aromatic nitrogens is 2. The van der Waals surface area contributed by atoms with Crippen LogP contribution in [0.25, 0.3) is 10.9 Å². The summed E-state index contributed by atoms with van der Waals surface area (Å²) in [5.41, 5.74) is 0.179. The van der Waals surface area contributed by atoms with Gasteiger partial charge in [0.05, 0.1) is 30.4 Å². The smallest absolute Gasteiger partial charge is 0.357 e. The maximum atomic E-state index is 13.4. The molecule has 1 unspecified atom stereocenters. The van der Waals surface area contributed by atoms with Gasteiger partial charge in [-0.1, -0.05) is 12.1 Å². The van der Waals surface area contributed by atoms with Gasteiger partial charge in [0.2, 0.25) is 0 Å². The second-order valence-electron chi connectivity index (χ2n) is 9.00. The molecule has 1 N–H and O–H groups in total. The van der Waals surface area contributed by atoms with Gasteiger partial charge in [-0.05, 0) is 43.5 Å². The fraction of sp³-hybridized carbons (Fsp3) is 0.400. The quantitative estimate of drug-likeness (QED) is 0.300. The highest BCUT2D eigenvalue weighted by atomic mass is 16.6. The van der Waals surface area contributed by atoms with Gasteiger partial charge < -0.3 is 19.4 Å². The lowest BCUT2D eigenvalue weighted by atomic mass is 9.99. The molecule has 3 aromatic rings. The number of pyridine rings is 2. The van der Waals surface area contributed by atoms with Gasteiger partial charge in [0.1, 0.15) is 17.5 Å². The summed E-state index contributed by atoms with van der Waals surface area (Å²) in [6, 6.07) is 8.41. The van der Waals surface area contributed by atoms with Crippen molar-refractivity contribution in [1.82, 2.24) is 14.9 Å². The Hall–Kier alpha value is -3.99. The number of carbonyl (C=O) groups is 1. The van der Waals surface area contributed by atoms with E-state index in [2.05, 4.69) is 14.9 Å². The summed E-state index contributed by atoms with van der Waals surface area (Å²) in [6.07, 6.45) is 4.53. The second kappa shape index (κ2) is 9.57. The molecule has 0 amide bonds. The molecule has 2 aliphatic heterocycles. The number of nitrogens with one attached hydrogen (secondary N) is 1. The lowest BCUT2D eigenvalue weighted by Crippen LogP contribution is -2.63. The fourth-order valence-electron chi connectivity index (χ4n) is 5.56. The number of rotatable bonds is 7. The van der Waals surface area contributed by atoms with E-state index in [1.54, 1.807) is 25.0 Å². The number of ether oxygens (including phenoxy) is 2. The maximum Gasteiger partial charge on any atom is 0.357 e. The van der Waals surface area contributed by atoms with E-state index in [0.29, 0.717) is 24.0 Å². The number of methoxy groups -OCH3 is 1. The Labute approximate surface area is 206 Å². The Kier molecular flexibility index (Phi) is 6.31. The van der Waals surface area contributed by atoms with Crippen molar-refractivity contribution in [1.29, 1.82) is 0 Å². The molecule has 2 bridgehead atoms. The van der Waals surface area contributed by atoms with Crippen LogP contribution in [0, 0.1) is 10.1 Å². The van der Waals surface area contributed by atoms with E-state index in [9.17, 15) is 19.7 Å². The molecule has 2 aliphatic rings. The van der Waals surface area contributed by atoms with Gasteiger partial charge in [-0.3, -0.25) is 24.8 Å². The zero-order valence-electron chi connectivity index (χ0n) is 20.0. The van der Waals surface area contributed by atoms with Crippen molar-refractivity contribution in [3.8, 4) is 5.75 Å². The average molecular weight is 494 g/mol. The number of fused-ring (bicyclic) bond motifs is 3. The molecule has 0 spiro atoms. The predicted molar refractivity (Wildman–Crippen MR) is 132 cm³/mol. The van der Waals surface area contributed by atoms with Crippen molar-refractivity contribution in [2.45, 2.75) is 44.4 Å². The topological polar surface area (TPSA) is 131 Å². The lowest BCUT2D eigenvalue weighted by Gasteiger charge is -2.46. The van der Waals surface area contributed by atoms with Crippen LogP contribution in [-0.4, -0.2) is 64.1 Å². The third-order valence-corrected chi connectivity index (χ3v) is 7.08. The van der Waals surface area contributed by atoms with Crippen molar-refractivity contribution in [3.05, 3.63) is 68.8 Å². The third-order valence-electron chi connectivity index (χ3n) is 7.08. The number of piperazine rings is 1. The first kappa shape index (κ1) is 23.7. The molecular formula is C25H27N5O6. The number of nitro groups is 1. The summed E-state index contributed by atoms with van der Waals surface area (Å²) in [5.74, 6) is 0.304. The van der Waals surface area contributed by atoms with Gasteiger partial charge in [0.25, 0.3) is 0 Å². The lowest BCUT2D eigenvalue weighted by molar-refractivity contribution is -0.385. The Morgan fingerprint density at radius 1 is 1.25 bits per heavy atom. The van der Waals surface area contributed by atoms with Crippen molar-refractivity contribution in [2.75, 3.05) is 25.2 Å². The molecule has 188 valence electrons. The minimum Gasteiger partial charge on any atom is -0.497 e. The van der Waals surface area contributed by atoms with Crippen LogP contribution in [0.2, 0.25) is 0 Å². The zero-order chi connectivity index (χ0) is 25.4. The van der Waals surface area contributed by atoms with Gasteiger partial charge in [-0.25, -0.2) is 4.79 Å². The van der Waals surface area contributed by atoms with E-state index < -0.39 is 28.2 Å². The van der Waals surface area contributed by atoms with Crippen LogP contribution < -0.4 is 15.2 Å². The molecule has 2 aromatic heterocycles. The molecule has 2 saturated heterocycles. The van der Waals surface area contributed by atoms with Crippen LogP contribution in [0.15, 0.2) is 47.5 Å². The molecular weight excluding hydrogens is 466 g/mol. The molecule has 1 aromatic carbocycles. The largest absolute Gasteiger partial charge is 0.497 e. The van der Waals surface area contributed by atoms with Crippen molar-refractivity contribution in [2.24, 2.45) is 0 Å². The molecule has 3 atom stereocenters. The van der Waals surface area contributed by atoms with Crippen molar-refractivity contribution < 1.29 is 19.2 Å². The van der Waals surface area contributed by atoms with Crippen LogP contribution in [0.3, 0.4) is 0 Å². The summed E-state index contributed by atoms with van der Waals surface area (Å²) in [5, 5.41) is 12.5. The van der Waals surface area contributed by atoms with E-state index in [0.717, 1.165) is 24.2 Å². The van der Waals surface area contributed by atoms with Crippen LogP contribution >= 0.6 is 0 Å². The van der Waals surface area contributed by atoms with E-state index in [1.165, 1.54) is 12.4 Å². The van der Waals surface area contributed by atoms with E-state index >= 15 is 0 Å². The zero-order valence-corrected chi connectivity index (χ0v) is 20.0. The number of benzene rings is 1. The third kappa shape index (κ3) is 4.05. The molecule has 11 nitrogen and oxygen atoms in total. The number of hydrogen-bond donors (Lipinski definition) is 1. The number of carbonyl (C=O) groups excluding carboxylic acids is 1. The standard InChI is InChI=1S/C25H27N5O6/c1-3-36-25(32)22-20-9-6-16(28(20)13-15-4-7-17(35-2)8-5-15)14-29(22)21-18-10-11-26-12-19(18)27-24(31)23(21)30(33)34/h4-5,7-8,10-12,16,20,22H,3,6,9,13-14H2,1-2H3,(H,27,31)/t16-,20+,22?/m0/s1. The predicted octanol–water partition coefficient (Wildman–Crippen LogP) is 2.62. The van der Waals surface area contributed by atoms with Gasteiger partial charge in [-0.2, -0.15) is 0 Å². The van der Waals surface area contributed by atoms with E-state index in [-0.39, 0.29) is 24.4 Å². The molecule has 36 heavy (non-hydrogen) atoms. The minimum atomic E-state index is -0.828. The molecule has 5 rings (SSSR count). The average Bonchev–Trinajstić information content (AvgIpc) is 3.13. The van der Waals surface area contributed by atoms with Crippen LogP contribution in [0.1, 0.15) is 25.3 Å². The Bertz CT molecular complexity index is 1360. The van der Waals surface area contributed by atoms with Gasteiger partial charge in [0, 0.05) is 36.8 Å². The Morgan fingerprint density at radius 3 is 2.72 bits per heavy atom. The van der Waals surface area contributed by atoms with Gasteiger partial charge in [-0.15, -0.1) is 0 Å². The highest BCUT2D eigenvalue weighted by molar-refractivity contribution is 5.98. The Balaban J connectivity index is 1.60. The first-order valence-corrected chi connectivity index (χ1v) is 11.9. The van der Waals surface area contributed by atoms with E-state index in [4.69, 9.17) is 9.47 Å². The summed E-state index contributed by atoms with van der Waals surface area (Å²) in [7, 11) is 1.62. The molecule has 0 saturated carbocycles. The highest BCUT2D eigenvalue weighted by Crippen LogP contribution is 2.42. The monoisotopic (exact) mass is 493 g/mol. The summed E-state index contributed by atoms with van der Waals surface area (Å²) < 4.78 is 10.7. The summed E-state index contributed by atoms with van der Waals surface area (Å²) in [4.78, 5) is 48.2. The van der Waals surface area contributed by atoms with Crippen LogP contribution in [0.5, 0.6) is 5.75 Å². The minimum absolute atomic E-state index is 0.0403. The van der Waals surface area contributed by atoms with Gasteiger partial charge >= 0.3 is 17.2 Å². The number of H-pyrrole nitrogens is 1. The molecule has 2 fully saturated rings. The number of nitrogens with zero attached hydrogens (tertiary/aromatic N) is 4. The number of aromatic amines is 1. The first-order chi connectivity index (χ1) is 17.4. The van der Waals surface area contributed by atoms with Crippen LogP contribution in [-0.2, 0) is 16.1 Å². The first-order valence-electron chi connectivity index (χ1n) is 11.9. The molecule has 0 aliphatic carbocycles. The second-order valence-corrected chi connectivity index (χ2v) is 9.00. The molecule has 4 heterocycles. The van der Waals surface area contributed by atoms with Crippen LogP contribution in [0.4, 0.5) is 11.4 Å². The molecule has 11 heteroatoms. The fourth-order valence-corrected chi connectivity index (χ4v) is 5.56. The number of anilines is 1.